The third-order valence-corrected chi connectivity index (χ3v) is 7.95. The molecular formula is C31H26B2O9. The number of rotatable bonds is 7. The molecular weight excluding hydrogens is 538 g/mol. The molecule has 2 aliphatic rings. The molecule has 5 N–H and O–H groups in total. The molecule has 2 aliphatic carbocycles. The predicted octanol–water partition coefficient (Wildman–Crippen LogP) is 1.40. The highest BCUT2D eigenvalue weighted by Gasteiger charge is 2.49. The van der Waals surface area contributed by atoms with Crippen LogP contribution in [0.3, 0.4) is 0 Å². The highest BCUT2D eigenvalue weighted by Crippen LogP contribution is 2.52. The summed E-state index contributed by atoms with van der Waals surface area (Å²) in [6.45, 7) is -0.648. The summed E-state index contributed by atoms with van der Waals surface area (Å²) >= 11 is 0. The van der Waals surface area contributed by atoms with Crippen LogP contribution in [0.2, 0.25) is 0 Å². The van der Waals surface area contributed by atoms with Crippen LogP contribution in [0.25, 0.3) is 0 Å². The minimum Gasteiger partial charge on any atom is -0.507 e. The van der Waals surface area contributed by atoms with Gasteiger partial charge in [0.1, 0.15) is 11.5 Å². The van der Waals surface area contributed by atoms with E-state index in [4.69, 9.17) is 9.31 Å². The van der Waals surface area contributed by atoms with Gasteiger partial charge in [-0.3, -0.25) is 9.59 Å². The largest absolute Gasteiger partial charge is 0.507 e. The predicted molar refractivity (Wildman–Crippen MR) is 154 cm³/mol. The van der Waals surface area contributed by atoms with Crippen molar-refractivity contribution >= 4 is 36.7 Å². The van der Waals surface area contributed by atoms with Crippen molar-refractivity contribution in [2.45, 2.75) is 24.5 Å². The summed E-state index contributed by atoms with van der Waals surface area (Å²) in [6.07, 6.45) is -1.68. The lowest BCUT2D eigenvalue weighted by atomic mass is 9.70. The average molecular weight is 564 g/mol. The van der Waals surface area contributed by atoms with Gasteiger partial charge in [0.25, 0.3) is 0 Å². The molecule has 0 amide bonds. The van der Waals surface area contributed by atoms with E-state index in [-0.39, 0.29) is 46.2 Å². The van der Waals surface area contributed by atoms with Crippen molar-refractivity contribution in [2.24, 2.45) is 0 Å². The first-order valence-corrected chi connectivity index (χ1v) is 13.4. The Hall–Kier alpha value is -4.25. The third-order valence-electron chi connectivity index (χ3n) is 7.95. The fraction of sp³-hybridized carbons (Fsp3) is 0.161. The minimum atomic E-state index is -1.58. The maximum Gasteiger partial charge on any atom is 0.491 e. The van der Waals surface area contributed by atoms with Crippen LogP contribution in [0.5, 0.6) is 11.5 Å². The van der Waals surface area contributed by atoms with Gasteiger partial charge < -0.3 is 34.7 Å². The molecule has 0 heterocycles. The lowest BCUT2D eigenvalue weighted by Gasteiger charge is -2.43. The Balaban J connectivity index is 1.50. The van der Waals surface area contributed by atoms with E-state index in [9.17, 15) is 35.0 Å². The van der Waals surface area contributed by atoms with E-state index in [0.29, 0.717) is 10.9 Å². The number of carbonyl (C=O) groups is 2. The first kappa shape index (κ1) is 27.9. The van der Waals surface area contributed by atoms with E-state index in [1.165, 1.54) is 12.1 Å². The number of hydrogen-bond donors (Lipinski definition) is 5. The van der Waals surface area contributed by atoms with Gasteiger partial charge in [-0.25, -0.2) is 0 Å². The van der Waals surface area contributed by atoms with Crippen molar-refractivity contribution in [1.29, 1.82) is 0 Å². The molecule has 9 nitrogen and oxygen atoms in total. The van der Waals surface area contributed by atoms with Crippen molar-refractivity contribution in [1.82, 2.24) is 0 Å². The van der Waals surface area contributed by atoms with Crippen molar-refractivity contribution < 1.29 is 44.3 Å². The van der Waals surface area contributed by atoms with E-state index in [2.05, 4.69) is 0 Å². The number of hydrogen-bond acceptors (Lipinski definition) is 9. The van der Waals surface area contributed by atoms with Crippen molar-refractivity contribution in [2.75, 3.05) is 6.61 Å². The number of phenolic OH excluding ortho intramolecular Hbond substituents is 2. The van der Waals surface area contributed by atoms with Crippen LogP contribution in [0.15, 0.2) is 84.9 Å². The number of aliphatic hydroxyl groups is 1. The SMILES string of the molecule is O=C1c2ccccc2C(=O)c2c(O)c3c(c(O)c21)C[C@](CO)(OB(O)c1ccccc1)C[C@@H]3OB(O)c1ccccc1. The first-order valence-electron chi connectivity index (χ1n) is 13.4. The molecule has 0 unspecified atom stereocenters. The first-order chi connectivity index (χ1) is 20.2. The van der Waals surface area contributed by atoms with Gasteiger partial charge in [-0.1, -0.05) is 84.9 Å². The molecule has 0 fully saturated rings. The van der Waals surface area contributed by atoms with Crippen LogP contribution in [0, 0.1) is 0 Å². The lowest BCUT2D eigenvalue weighted by Crippen LogP contribution is -2.52. The summed E-state index contributed by atoms with van der Waals surface area (Å²) in [5.41, 5.74) is -1.35. The number of fused-ring (bicyclic) bond motifs is 3. The highest BCUT2D eigenvalue weighted by atomic mass is 16.6. The van der Waals surface area contributed by atoms with E-state index in [0.717, 1.165) is 0 Å². The smallest absolute Gasteiger partial charge is 0.491 e. The summed E-state index contributed by atoms with van der Waals surface area (Å²) in [5, 5.41) is 55.7. The normalized spacial score (nSPS) is 19.1. The van der Waals surface area contributed by atoms with Gasteiger partial charge in [0.05, 0.1) is 29.4 Å². The molecule has 0 bridgehead atoms. The number of benzene rings is 4. The summed E-state index contributed by atoms with van der Waals surface area (Å²) in [6, 6.07) is 23.0. The van der Waals surface area contributed by atoms with Gasteiger partial charge in [0, 0.05) is 35.1 Å². The standard InChI is InChI=1S/C31H26B2O9/c34-17-31(42-33(40)19-11-5-2-6-12-19)15-22-24(23(16-31)41-32(39)18-9-3-1-4-10-18)30(38)26-25(29(22)37)27(35)20-13-7-8-14-21(20)28(26)36/h1-14,23,34,37-40H,15-17H2/t23-,31-/m0/s1. The summed E-state index contributed by atoms with van der Waals surface area (Å²) in [4.78, 5) is 27.1. The molecule has 0 aliphatic heterocycles. The molecule has 0 aromatic heterocycles. The fourth-order valence-corrected chi connectivity index (χ4v) is 5.88. The molecule has 11 heteroatoms. The number of aromatic hydroxyl groups is 2. The van der Waals surface area contributed by atoms with Gasteiger partial charge >= 0.3 is 14.2 Å². The molecule has 0 radical (unpaired) electrons. The third kappa shape index (κ3) is 4.61. The number of aliphatic hydroxyl groups excluding tert-OH is 1. The second kappa shape index (κ2) is 10.9. The lowest BCUT2D eigenvalue weighted by molar-refractivity contribution is -0.0472. The Labute approximate surface area is 241 Å². The van der Waals surface area contributed by atoms with Crippen LogP contribution in [0.1, 0.15) is 55.5 Å². The van der Waals surface area contributed by atoms with Crippen LogP contribution < -0.4 is 10.9 Å². The monoisotopic (exact) mass is 564 g/mol. The quantitative estimate of drug-likeness (QED) is 0.146. The molecule has 210 valence electrons. The molecule has 42 heavy (non-hydrogen) atoms. The highest BCUT2D eigenvalue weighted by molar-refractivity contribution is 6.60. The molecule has 4 aromatic carbocycles. The second-order valence-electron chi connectivity index (χ2n) is 10.5. The van der Waals surface area contributed by atoms with E-state index >= 15 is 0 Å². The molecule has 0 saturated carbocycles. The van der Waals surface area contributed by atoms with Crippen LogP contribution in [-0.2, 0) is 15.7 Å². The van der Waals surface area contributed by atoms with Crippen LogP contribution >= 0.6 is 0 Å². The molecule has 0 spiro atoms. The van der Waals surface area contributed by atoms with Crippen LogP contribution in [-0.4, -0.2) is 63.4 Å². The zero-order valence-corrected chi connectivity index (χ0v) is 22.3. The maximum absolute atomic E-state index is 13.5. The van der Waals surface area contributed by atoms with Crippen molar-refractivity contribution in [3.63, 3.8) is 0 Å². The zero-order chi connectivity index (χ0) is 29.6. The number of ketones is 2. The average Bonchev–Trinajstić information content (AvgIpc) is 3.02. The van der Waals surface area contributed by atoms with E-state index in [1.807, 2.05) is 0 Å². The summed E-state index contributed by atoms with van der Waals surface area (Å²) < 4.78 is 12.1. The van der Waals surface area contributed by atoms with Gasteiger partial charge in [0.2, 0.25) is 0 Å². The summed E-state index contributed by atoms with van der Waals surface area (Å²) in [7, 11) is -2.99. The minimum absolute atomic E-state index is 0.00222. The van der Waals surface area contributed by atoms with Crippen molar-refractivity contribution in [3.8, 4) is 11.5 Å². The Morgan fingerprint density at radius 1 is 0.738 bits per heavy atom. The van der Waals surface area contributed by atoms with E-state index < -0.39 is 55.6 Å². The Morgan fingerprint density at radius 2 is 1.24 bits per heavy atom. The Bertz CT molecular complexity index is 1680. The molecule has 4 aromatic rings. The van der Waals surface area contributed by atoms with Gasteiger partial charge in [-0.2, -0.15) is 0 Å². The molecule has 6 rings (SSSR count). The van der Waals surface area contributed by atoms with Crippen molar-refractivity contribution in [3.05, 3.63) is 118 Å². The zero-order valence-electron chi connectivity index (χ0n) is 22.3. The topological polar surface area (TPSA) is 154 Å². The molecule has 2 atom stereocenters. The van der Waals surface area contributed by atoms with Gasteiger partial charge in [-0.05, 0) is 10.9 Å². The second-order valence-corrected chi connectivity index (χ2v) is 10.5. The van der Waals surface area contributed by atoms with Crippen LogP contribution in [0.4, 0.5) is 0 Å². The van der Waals surface area contributed by atoms with Gasteiger partial charge in [-0.15, -0.1) is 0 Å². The van der Waals surface area contributed by atoms with Gasteiger partial charge in [0.15, 0.2) is 11.6 Å². The maximum atomic E-state index is 13.5. The summed E-state index contributed by atoms with van der Waals surface area (Å²) in [5.74, 6) is -2.43. The number of phenols is 2. The Kier molecular flexibility index (Phi) is 7.22. The van der Waals surface area contributed by atoms with E-state index in [1.54, 1.807) is 72.8 Å². The fourth-order valence-electron chi connectivity index (χ4n) is 5.88. The number of carbonyl (C=O) groups excluding carboxylic acids is 2. The molecule has 0 saturated heterocycles. The Morgan fingerprint density at radius 3 is 1.79 bits per heavy atom.